The molecule has 1 saturated heterocycles. The van der Waals surface area contributed by atoms with Crippen LogP contribution in [0.4, 0.5) is 0 Å². The summed E-state index contributed by atoms with van der Waals surface area (Å²) in [6.45, 7) is 3.03. The molecule has 2 rings (SSSR count). The summed E-state index contributed by atoms with van der Waals surface area (Å²) in [6.07, 6.45) is 6.08. The second-order valence-electron chi connectivity index (χ2n) is 5.68. The third-order valence-corrected chi connectivity index (χ3v) is 3.98. The van der Waals surface area contributed by atoms with Gasteiger partial charge in [-0.05, 0) is 56.7 Å². The van der Waals surface area contributed by atoms with Crippen LogP contribution in [-0.4, -0.2) is 19.8 Å². The van der Waals surface area contributed by atoms with Crippen molar-refractivity contribution in [3.8, 4) is 5.75 Å². The first-order valence-electron chi connectivity index (χ1n) is 7.17. The van der Waals surface area contributed by atoms with Crippen LogP contribution < -0.4 is 10.5 Å². The van der Waals surface area contributed by atoms with Gasteiger partial charge in [0.1, 0.15) is 5.75 Å². The van der Waals surface area contributed by atoms with E-state index in [4.69, 9.17) is 15.2 Å². The number of methoxy groups -OCH3 is 1. The highest BCUT2D eigenvalue weighted by Crippen LogP contribution is 2.28. The SMILES string of the molecule is COc1cccc(C(C)(N)CCCC2CCCO2)c1. The maximum atomic E-state index is 6.45. The van der Waals surface area contributed by atoms with E-state index in [2.05, 4.69) is 13.0 Å². The highest BCUT2D eigenvalue weighted by molar-refractivity contribution is 5.32. The maximum absolute atomic E-state index is 6.45. The minimum atomic E-state index is -0.298. The molecule has 0 spiro atoms. The van der Waals surface area contributed by atoms with Crippen LogP contribution in [0.25, 0.3) is 0 Å². The smallest absolute Gasteiger partial charge is 0.119 e. The van der Waals surface area contributed by atoms with E-state index in [0.29, 0.717) is 6.10 Å². The molecular weight excluding hydrogens is 238 g/mol. The number of benzene rings is 1. The van der Waals surface area contributed by atoms with Gasteiger partial charge in [0.15, 0.2) is 0 Å². The van der Waals surface area contributed by atoms with E-state index in [9.17, 15) is 0 Å². The highest BCUT2D eigenvalue weighted by atomic mass is 16.5. The summed E-state index contributed by atoms with van der Waals surface area (Å²) < 4.78 is 10.9. The standard InChI is InChI=1S/C16H25NO2/c1-16(17,10-4-8-14-9-5-11-19-14)13-6-3-7-15(12-13)18-2/h3,6-7,12,14H,4-5,8-11,17H2,1-2H3. The lowest BCUT2D eigenvalue weighted by Crippen LogP contribution is -2.33. The van der Waals surface area contributed by atoms with Crippen molar-refractivity contribution in [1.29, 1.82) is 0 Å². The summed E-state index contributed by atoms with van der Waals surface area (Å²) in [5.41, 5.74) is 7.29. The molecule has 1 aliphatic rings. The Morgan fingerprint density at radius 1 is 1.47 bits per heavy atom. The molecule has 1 heterocycles. The second kappa shape index (κ2) is 6.40. The van der Waals surface area contributed by atoms with Crippen molar-refractivity contribution in [2.24, 2.45) is 5.73 Å². The molecular formula is C16H25NO2. The van der Waals surface area contributed by atoms with Gasteiger partial charge in [-0.15, -0.1) is 0 Å². The van der Waals surface area contributed by atoms with Crippen molar-refractivity contribution in [2.45, 2.75) is 50.7 Å². The summed E-state index contributed by atoms with van der Waals surface area (Å²) in [6, 6.07) is 8.06. The normalized spacial score (nSPS) is 22.2. The van der Waals surface area contributed by atoms with Crippen molar-refractivity contribution in [1.82, 2.24) is 0 Å². The number of ether oxygens (including phenoxy) is 2. The van der Waals surface area contributed by atoms with Gasteiger partial charge in [0, 0.05) is 12.1 Å². The summed E-state index contributed by atoms with van der Waals surface area (Å²) in [7, 11) is 1.68. The second-order valence-corrected chi connectivity index (χ2v) is 5.68. The molecule has 1 aliphatic heterocycles. The zero-order chi connectivity index (χ0) is 13.7. The van der Waals surface area contributed by atoms with Crippen LogP contribution in [0, 0.1) is 0 Å². The Labute approximate surface area is 116 Å². The van der Waals surface area contributed by atoms with Gasteiger partial charge in [-0.25, -0.2) is 0 Å². The molecule has 1 aromatic carbocycles. The zero-order valence-corrected chi connectivity index (χ0v) is 12.0. The van der Waals surface area contributed by atoms with E-state index in [0.717, 1.165) is 37.2 Å². The summed E-state index contributed by atoms with van der Waals surface area (Å²) in [4.78, 5) is 0. The maximum Gasteiger partial charge on any atom is 0.119 e. The van der Waals surface area contributed by atoms with E-state index >= 15 is 0 Å². The fourth-order valence-corrected chi connectivity index (χ4v) is 2.69. The van der Waals surface area contributed by atoms with Gasteiger partial charge in [-0.1, -0.05) is 12.1 Å². The van der Waals surface area contributed by atoms with Gasteiger partial charge in [0.2, 0.25) is 0 Å². The van der Waals surface area contributed by atoms with E-state index in [1.807, 2.05) is 18.2 Å². The number of hydrogen-bond acceptors (Lipinski definition) is 3. The molecule has 1 fully saturated rings. The van der Waals surface area contributed by atoms with Crippen LogP contribution in [0.3, 0.4) is 0 Å². The van der Waals surface area contributed by atoms with Crippen molar-refractivity contribution >= 4 is 0 Å². The highest BCUT2D eigenvalue weighted by Gasteiger charge is 2.23. The molecule has 3 nitrogen and oxygen atoms in total. The van der Waals surface area contributed by atoms with Crippen molar-refractivity contribution in [2.75, 3.05) is 13.7 Å². The Kier molecular flexibility index (Phi) is 4.83. The zero-order valence-electron chi connectivity index (χ0n) is 12.0. The topological polar surface area (TPSA) is 44.5 Å². The Morgan fingerprint density at radius 2 is 2.32 bits per heavy atom. The lowest BCUT2D eigenvalue weighted by atomic mass is 9.87. The largest absolute Gasteiger partial charge is 0.497 e. The molecule has 2 atom stereocenters. The number of rotatable bonds is 6. The van der Waals surface area contributed by atoms with E-state index in [1.54, 1.807) is 7.11 Å². The van der Waals surface area contributed by atoms with Crippen molar-refractivity contribution in [3.05, 3.63) is 29.8 Å². The van der Waals surface area contributed by atoms with Crippen molar-refractivity contribution < 1.29 is 9.47 Å². The molecule has 19 heavy (non-hydrogen) atoms. The first-order valence-corrected chi connectivity index (χ1v) is 7.17. The molecule has 106 valence electrons. The first kappa shape index (κ1) is 14.4. The van der Waals surface area contributed by atoms with E-state index in [-0.39, 0.29) is 5.54 Å². The molecule has 0 aromatic heterocycles. The van der Waals surface area contributed by atoms with Gasteiger partial charge in [-0.3, -0.25) is 0 Å². The predicted molar refractivity (Wildman–Crippen MR) is 77.4 cm³/mol. The van der Waals surface area contributed by atoms with Crippen LogP contribution in [0.1, 0.15) is 44.6 Å². The van der Waals surface area contributed by atoms with Crippen LogP contribution >= 0.6 is 0 Å². The van der Waals surface area contributed by atoms with Crippen LogP contribution in [0.5, 0.6) is 5.75 Å². The minimum Gasteiger partial charge on any atom is -0.497 e. The fraction of sp³-hybridized carbons (Fsp3) is 0.625. The quantitative estimate of drug-likeness (QED) is 0.857. The van der Waals surface area contributed by atoms with Gasteiger partial charge < -0.3 is 15.2 Å². The van der Waals surface area contributed by atoms with Gasteiger partial charge >= 0.3 is 0 Å². The molecule has 1 aromatic rings. The third kappa shape index (κ3) is 3.95. The minimum absolute atomic E-state index is 0.298. The lowest BCUT2D eigenvalue weighted by Gasteiger charge is -2.26. The Morgan fingerprint density at radius 3 is 3.00 bits per heavy atom. The average molecular weight is 263 g/mol. The lowest BCUT2D eigenvalue weighted by molar-refractivity contribution is 0.100. The summed E-state index contributed by atoms with van der Waals surface area (Å²) >= 11 is 0. The number of nitrogens with two attached hydrogens (primary N) is 1. The number of hydrogen-bond donors (Lipinski definition) is 1. The summed E-state index contributed by atoms with van der Waals surface area (Å²) in [5, 5.41) is 0. The predicted octanol–water partition coefficient (Wildman–Crippen LogP) is 3.22. The molecule has 0 radical (unpaired) electrons. The van der Waals surface area contributed by atoms with Crippen LogP contribution in [-0.2, 0) is 10.3 Å². The Hall–Kier alpha value is -1.06. The molecule has 2 unspecified atom stereocenters. The molecule has 3 heteroatoms. The van der Waals surface area contributed by atoms with E-state index < -0.39 is 0 Å². The fourth-order valence-electron chi connectivity index (χ4n) is 2.69. The molecule has 0 amide bonds. The first-order chi connectivity index (χ1) is 9.12. The molecule has 0 aliphatic carbocycles. The summed E-state index contributed by atoms with van der Waals surface area (Å²) in [5.74, 6) is 0.869. The van der Waals surface area contributed by atoms with Crippen molar-refractivity contribution in [3.63, 3.8) is 0 Å². The van der Waals surface area contributed by atoms with Gasteiger partial charge in [0.25, 0.3) is 0 Å². The van der Waals surface area contributed by atoms with Gasteiger partial charge in [0.05, 0.1) is 13.2 Å². The average Bonchev–Trinajstić information content (AvgIpc) is 2.92. The van der Waals surface area contributed by atoms with Crippen LogP contribution in [0.15, 0.2) is 24.3 Å². The third-order valence-electron chi connectivity index (χ3n) is 3.98. The Bertz CT molecular complexity index is 397. The van der Waals surface area contributed by atoms with E-state index in [1.165, 1.54) is 12.8 Å². The molecule has 0 saturated carbocycles. The molecule has 2 N–H and O–H groups in total. The van der Waals surface area contributed by atoms with Gasteiger partial charge in [-0.2, -0.15) is 0 Å². The molecule has 0 bridgehead atoms. The Balaban J connectivity index is 1.88. The monoisotopic (exact) mass is 263 g/mol. The van der Waals surface area contributed by atoms with Crippen LogP contribution in [0.2, 0.25) is 0 Å².